The summed E-state index contributed by atoms with van der Waals surface area (Å²) in [5, 5.41) is 0. The zero-order valence-corrected chi connectivity index (χ0v) is 25.1. The number of esters is 1. The molecule has 1 unspecified atom stereocenters. The average molecular weight is 560 g/mol. The lowest BCUT2D eigenvalue weighted by atomic mass is 9.88. The maximum atomic E-state index is 11.9. The first-order valence-electron chi connectivity index (χ1n) is 14.6. The zero-order chi connectivity index (χ0) is 28.1. The van der Waals surface area contributed by atoms with Crippen LogP contribution in [0.4, 0.5) is 0 Å². The minimum absolute atomic E-state index is 0.0310. The molecule has 1 aromatic heterocycles. The second-order valence-corrected chi connectivity index (χ2v) is 12.0. The average Bonchev–Trinajstić information content (AvgIpc) is 3.54. The van der Waals surface area contributed by atoms with E-state index in [1.54, 1.807) is 0 Å². The van der Waals surface area contributed by atoms with Crippen LogP contribution in [0.1, 0.15) is 78.0 Å². The zero-order valence-electron chi connectivity index (χ0n) is 24.3. The highest BCUT2D eigenvalue weighted by molar-refractivity contribution is 7.98. The highest BCUT2D eigenvalue weighted by Crippen LogP contribution is 2.43. The van der Waals surface area contributed by atoms with Gasteiger partial charge in [0.05, 0.1) is 26.2 Å². The number of thioether (sulfide) groups is 1. The summed E-state index contributed by atoms with van der Waals surface area (Å²) in [6.45, 7) is 7.94. The van der Waals surface area contributed by atoms with Crippen LogP contribution in [0.25, 0.3) is 11.1 Å². The van der Waals surface area contributed by atoms with Crippen molar-refractivity contribution in [1.82, 2.24) is 4.98 Å². The van der Waals surface area contributed by atoms with Crippen LogP contribution >= 0.6 is 11.8 Å². The first kappa shape index (κ1) is 28.5. The molecule has 0 fully saturated rings. The maximum Gasteiger partial charge on any atom is 0.306 e. The van der Waals surface area contributed by atoms with E-state index in [2.05, 4.69) is 56.5 Å². The molecule has 2 aliphatic rings. The number of hydrogen-bond donors (Lipinski definition) is 0. The van der Waals surface area contributed by atoms with Gasteiger partial charge < -0.3 is 14.2 Å². The highest BCUT2D eigenvalue weighted by atomic mass is 32.2. The number of ether oxygens (including phenoxy) is 3. The quantitative estimate of drug-likeness (QED) is 0.168. The third-order valence-corrected chi connectivity index (χ3v) is 8.93. The Balaban J connectivity index is 1.26. The number of carbonyl (C=O) groups is 1. The number of fused-ring (bicyclic) bond motifs is 2. The van der Waals surface area contributed by atoms with Gasteiger partial charge in [-0.2, -0.15) is 11.8 Å². The third kappa shape index (κ3) is 6.33. The van der Waals surface area contributed by atoms with Crippen LogP contribution in [0, 0.1) is 13.8 Å². The predicted molar refractivity (Wildman–Crippen MR) is 163 cm³/mol. The number of pyridine rings is 1. The van der Waals surface area contributed by atoms with Gasteiger partial charge in [-0.3, -0.25) is 9.78 Å². The predicted octanol–water partition coefficient (Wildman–Crippen LogP) is 7.59. The molecule has 0 radical (unpaired) electrons. The molecule has 0 saturated carbocycles. The largest absolute Gasteiger partial charge is 0.494 e. The molecule has 0 bridgehead atoms. The van der Waals surface area contributed by atoms with E-state index in [0.717, 1.165) is 60.8 Å². The SMILES string of the molecule is CCOC(=O)C[C@@H]1COc2cc(CCC3CCc4c(-c5c(C)cc(OCCCSC)cc5C)cccc43)ncc21. The molecule has 40 heavy (non-hydrogen) atoms. The molecule has 6 heteroatoms. The molecule has 2 atom stereocenters. The maximum absolute atomic E-state index is 11.9. The van der Waals surface area contributed by atoms with E-state index in [1.807, 2.05) is 24.9 Å². The Morgan fingerprint density at radius 3 is 2.73 bits per heavy atom. The van der Waals surface area contributed by atoms with E-state index < -0.39 is 0 Å². The molecule has 2 heterocycles. The van der Waals surface area contributed by atoms with Crippen LogP contribution < -0.4 is 9.47 Å². The van der Waals surface area contributed by atoms with Gasteiger partial charge in [-0.1, -0.05) is 18.2 Å². The molecule has 0 spiro atoms. The van der Waals surface area contributed by atoms with Gasteiger partial charge in [0.2, 0.25) is 0 Å². The van der Waals surface area contributed by atoms with E-state index >= 15 is 0 Å². The molecular weight excluding hydrogens is 518 g/mol. The molecule has 1 aliphatic carbocycles. The Labute approximate surface area is 243 Å². The monoisotopic (exact) mass is 559 g/mol. The van der Waals surface area contributed by atoms with Crippen molar-refractivity contribution in [3.8, 4) is 22.6 Å². The molecule has 5 rings (SSSR count). The summed E-state index contributed by atoms with van der Waals surface area (Å²) in [7, 11) is 0. The topological polar surface area (TPSA) is 57.7 Å². The Bertz CT molecular complexity index is 1330. The number of aryl methyl sites for hydroxylation is 3. The number of hydrogen-bond acceptors (Lipinski definition) is 6. The number of benzene rings is 2. The van der Waals surface area contributed by atoms with Crippen molar-refractivity contribution in [2.24, 2.45) is 0 Å². The van der Waals surface area contributed by atoms with E-state index in [4.69, 9.17) is 19.2 Å². The molecule has 212 valence electrons. The van der Waals surface area contributed by atoms with Gasteiger partial charge >= 0.3 is 5.97 Å². The lowest BCUT2D eigenvalue weighted by Gasteiger charge is -2.18. The van der Waals surface area contributed by atoms with Crippen LogP contribution in [-0.2, 0) is 22.4 Å². The Kier molecular flexibility index (Phi) is 9.36. The molecule has 1 aliphatic heterocycles. The van der Waals surface area contributed by atoms with E-state index in [1.165, 1.54) is 39.8 Å². The second-order valence-electron chi connectivity index (χ2n) is 11.0. The van der Waals surface area contributed by atoms with Crippen molar-refractivity contribution in [2.45, 2.75) is 71.1 Å². The fourth-order valence-corrected chi connectivity index (χ4v) is 6.75. The summed E-state index contributed by atoms with van der Waals surface area (Å²) in [5.74, 6) is 3.36. The molecular formula is C34H41NO4S. The fraction of sp³-hybridized carbons (Fsp3) is 0.471. The van der Waals surface area contributed by atoms with Gasteiger partial charge in [0, 0.05) is 29.4 Å². The van der Waals surface area contributed by atoms with Crippen molar-refractivity contribution < 1.29 is 19.0 Å². The summed E-state index contributed by atoms with van der Waals surface area (Å²) in [4.78, 5) is 16.7. The highest BCUT2D eigenvalue weighted by Gasteiger charge is 2.29. The Hall–Kier alpha value is -2.99. The summed E-state index contributed by atoms with van der Waals surface area (Å²) >= 11 is 1.86. The number of aromatic nitrogens is 1. The normalized spacial score (nSPS) is 17.3. The van der Waals surface area contributed by atoms with Gasteiger partial charge in [-0.25, -0.2) is 0 Å². The third-order valence-electron chi connectivity index (χ3n) is 8.23. The van der Waals surface area contributed by atoms with E-state index in [-0.39, 0.29) is 11.9 Å². The first-order valence-corrected chi connectivity index (χ1v) is 16.0. The molecule has 2 aromatic carbocycles. The summed E-state index contributed by atoms with van der Waals surface area (Å²) in [5.41, 5.74) is 10.3. The molecule has 0 amide bonds. The minimum atomic E-state index is -0.177. The molecule has 0 N–H and O–H groups in total. The van der Waals surface area contributed by atoms with Gasteiger partial charge in [-0.05, 0) is 116 Å². The Morgan fingerprint density at radius 2 is 1.95 bits per heavy atom. The van der Waals surface area contributed by atoms with Gasteiger partial charge in [-0.15, -0.1) is 0 Å². The minimum Gasteiger partial charge on any atom is -0.494 e. The number of carbonyl (C=O) groups excluding carboxylic acids is 1. The van der Waals surface area contributed by atoms with Crippen LogP contribution in [-0.4, -0.2) is 42.8 Å². The van der Waals surface area contributed by atoms with Crippen LogP contribution in [0.3, 0.4) is 0 Å². The number of nitrogens with zero attached hydrogens (tertiary/aromatic N) is 1. The van der Waals surface area contributed by atoms with Gasteiger partial charge in [0.1, 0.15) is 11.5 Å². The summed E-state index contributed by atoms with van der Waals surface area (Å²) < 4.78 is 17.1. The second kappa shape index (κ2) is 13.1. The summed E-state index contributed by atoms with van der Waals surface area (Å²) in [6, 6.07) is 13.3. The molecule has 3 aromatic rings. The van der Waals surface area contributed by atoms with Gasteiger partial charge in [0.25, 0.3) is 0 Å². The van der Waals surface area contributed by atoms with Crippen molar-refractivity contribution in [2.75, 3.05) is 31.8 Å². The van der Waals surface area contributed by atoms with Crippen molar-refractivity contribution >= 4 is 17.7 Å². The van der Waals surface area contributed by atoms with Crippen LogP contribution in [0.2, 0.25) is 0 Å². The van der Waals surface area contributed by atoms with Crippen molar-refractivity contribution in [1.29, 1.82) is 0 Å². The first-order chi connectivity index (χ1) is 19.5. The van der Waals surface area contributed by atoms with E-state index in [9.17, 15) is 4.79 Å². The van der Waals surface area contributed by atoms with Gasteiger partial charge in [0.15, 0.2) is 0 Å². The van der Waals surface area contributed by atoms with Crippen molar-refractivity contribution in [3.05, 3.63) is 76.1 Å². The van der Waals surface area contributed by atoms with E-state index in [0.29, 0.717) is 25.6 Å². The lowest BCUT2D eigenvalue weighted by molar-refractivity contribution is -0.143. The smallest absolute Gasteiger partial charge is 0.306 e. The lowest BCUT2D eigenvalue weighted by Crippen LogP contribution is -2.11. The molecule has 0 saturated heterocycles. The Morgan fingerprint density at radius 1 is 1.12 bits per heavy atom. The van der Waals surface area contributed by atoms with Crippen molar-refractivity contribution in [3.63, 3.8) is 0 Å². The number of rotatable bonds is 12. The van der Waals surface area contributed by atoms with Crippen LogP contribution in [0.5, 0.6) is 11.5 Å². The molecule has 5 nitrogen and oxygen atoms in total. The summed E-state index contributed by atoms with van der Waals surface area (Å²) in [6.07, 6.45) is 9.71. The van der Waals surface area contributed by atoms with Crippen LogP contribution in [0.15, 0.2) is 42.6 Å². The fourth-order valence-electron chi connectivity index (χ4n) is 6.35. The standard InChI is InChI=1S/C34H41NO4S/c1-5-37-33(36)18-25-21-39-32-19-26(35-20-31(25)32)12-10-24-11-13-29-28(24)8-6-9-30(29)34-22(2)16-27(17-23(34)3)38-14-7-15-40-4/h6,8-9,16-17,19-20,24-25H,5,7,10-15,18,21H2,1-4H3/t24?,25-/m1/s1.